The summed E-state index contributed by atoms with van der Waals surface area (Å²) in [6.45, 7) is 4.51. The van der Waals surface area contributed by atoms with Gasteiger partial charge in [-0.3, -0.25) is 4.79 Å². The zero-order chi connectivity index (χ0) is 19.9. The van der Waals surface area contributed by atoms with Crippen molar-refractivity contribution < 1.29 is 9.53 Å². The molecule has 28 heavy (non-hydrogen) atoms. The van der Waals surface area contributed by atoms with Gasteiger partial charge in [-0.05, 0) is 47.9 Å². The Morgan fingerprint density at radius 2 is 1.86 bits per heavy atom. The Morgan fingerprint density at radius 3 is 2.61 bits per heavy atom. The summed E-state index contributed by atoms with van der Waals surface area (Å²) in [4.78, 5) is 12.7. The summed E-state index contributed by atoms with van der Waals surface area (Å²) in [5.41, 5.74) is 2.39. The monoisotopic (exact) mass is 370 g/mol. The van der Waals surface area contributed by atoms with E-state index in [1.54, 1.807) is 6.08 Å². The normalized spacial score (nSPS) is 11.1. The first-order valence-corrected chi connectivity index (χ1v) is 9.27. The summed E-state index contributed by atoms with van der Waals surface area (Å²) >= 11 is 0. The minimum atomic E-state index is -0.439. The summed E-state index contributed by atoms with van der Waals surface area (Å²) in [5.74, 6) is 0.225. The molecule has 0 aliphatic rings. The van der Waals surface area contributed by atoms with Crippen molar-refractivity contribution in [2.75, 3.05) is 11.9 Å². The minimum absolute atomic E-state index is 0.0287. The van der Waals surface area contributed by atoms with E-state index in [4.69, 9.17) is 4.74 Å². The molecule has 0 atom stereocenters. The van der Waals surface area contributed by atoms with Gasteiger partial charge in [-0.15, -0.1) is 0 Å². The van der Waals surface area contributed by atoms with Gasteiger partial charge < -0.3 is 10.1 Å². The summed E-state index contributed by atoms with van der Waals surface area (Å²) < 4.78 is 5.87. The number of nitrogens with zero attached hydrogens (tertiary/aromatic N) is 1. The Bertz CT molecular complexity index is 1080. The van der Waals surface area contributed by atoms with Crippen molar-refractivity contribution in [2.45, 2.75) is 20.3 Å². The van der Waals surface area contributed by atoms with Crippen molar-refractivity contribution in [3.63, 3.8) is 0 Å². The van der Waals surface area contributed by atoms with Crippen LogP contribution in [0.5, 0.6) is 5.75 Å². The highest BCUT2D eigenvalue weighted by Gasteiger charge is 2.14. The highest BCUT2D eigenvalue weighted by atomic mass is 16.5. The van der Waals surface area contributed by atoms with Gasteiger partial charge in [-0.1, -0.05) is 55.5 Å². The molecule has 4 heteroatoms. The van der Waals surface area contributed by atoms with Crippen molar-refractivity contribution in [3.8, 4) is 11.8 Å². The molecule has 3 aromatic rings. The second-order valence-electron chi connectivity index (χ2n) is 6.49. The number of nitriles is 1. The maximum atomic E-state index is 12.7. The third-order valence-electron chi connectivity index (χ3n) is 4.44. The van der Waals surface area contributed by atoms with Crippen molar-refractivity contribution in [1.82, 2.24) is 0 Å². The smallest absolute Gasteiger partial charge is 0.266 e. The fraction of sp³-hybridized carbons (Fsp3) is 0.167. The molecule has 3 rings (SSSR count). The van der Waals surface area contributed by atoms with Gasteiger partial charge in [0.15, 0.2) is 0 Å². The zero-order valence-electron chi connectivity index (χ0n) is 16.0. The number of ether oxygens (including phenoxy) is 1. The van der Waals surface area contributed by atoms with Crippen LogP contribution < -0.4 is 10.1 Å². The Hall–Kier alpha value is -3.58. The molecule has 1 N–H and O–H groups in total. The lowest BCUT2D eigenvalue weighted by molar-refractivity contribution is -0.112. The number of carbonyl (C=O) groups excluding carboxylic acids is 1. The standard InChI is InChI=1S/C24H22N2O2/c1-3-14-28-23-13-12-18-9-5-6-10-20(18)21(23)15-19(16-25)24(27)26-22-11-7-4-8-17(22)2/h4-13,15H,3,14H2,1-2H3,(H,26,27)/b19-15+. The van der Waals surface area contributed by atoms with Crippen molar-refractivity contribution in [1.29, 1.82) is 5.26 Å². The number of benzene rings is 3. The van der Waals surface area contributed by atoms with Gasteiger partial charge in [-0.2, -0.15) is 5.26 Å². The van der Waals surface area contributed by atoms with Gasteiger partial charge in [0.25, 0.3) is 5.91 Å². The second kappa shape index (κ2) is 8.88. The van der Waals surface area contributed by atoms with Gasteiger partial charge >= 0.3 is 0 Å². The molecule has 0 aliphatic carbocycles. The third kappa shape index (κ3) is 4.21. The summed E-state index contributed by atoms with van der Waals surface area (Å²) in [6, 6.07) is 21.2. The predicted molar refractivity (Wildman–Crippen MR) is 113 cm³/mol. The lowest BCUT2D eigenvalue weighted by Gasteiger charge is -2.12. The van der Waals surface area contributed by atoms with E-state index in [2.05, 4.69) is 5.32 Å². The van der Waals surface area contributed by atoms with Crippen LogP contribution in [-0.2, 0) is 4.79 Å². The van der Waals surface area contributed by atoms with Gasteiger partial charge in [-0.25, -0.2) is 0 Å². The van der Waals surface area contributed by atoms with Crippen molar-refractivity contribution in [3.05, 3.63) is 77.4 Å². The molecule has 0 aromatic heterocycles. The van der Waals surface area contributed by atoms with Crippen LogP contribution in [-0.4, -0.2) is 12.5 Å². The summed E-state index contributed by atoms with van der Waals surface area (Å²) in [7, 11) is 0. The first-order chi connectivity index (χ1) is 13.6. The highest BCUT2D eigenvalue weighted by molar-refractivity contribution is 6.11. The molecule has 0 radical (unpaired) electrons. The van der Waals surface area contributed by atoms with Gasteiger partial charge in [0, 0.05) is 11.3 Å². The lowest BCUT2D eigenvalue weighted by Crippen LogP contribution is -2.14. The number of hydrogen-bond acceptors (Lipinski definition) is 3. The second-order valence-corrected chi connectivity index (χ2v) is 6.49. The molecule has 0 aliphatic heterocycles. The van der Waals surface area contributed by atoms with Crippen LogP contribution in [0, 0.1) is 18.3 Å². The molecular formula is C24H22N2O2. The molecule has 140 valence electrons. The number of carbonyl (C=O) groups is 1. The summed E-state index contributed by atoms with van der Waals surface area (Å²) in [5, 5.41) is 14.4. The number of anilines is 1. The fourth-order valence-electron chi connectivity index (χ4n) is 2.96. The number of amides is 1. The largest absolute Gasteiger partial charge is 0.493 e. The van der Waals surface area contributed by atoms with E-state index < -0.39 is 5.91 Å². The number of fused-ring (bicyclic) bond motifs is 1. The van der Waals surface area contributed by atoms with E-state index in [0.717, 1.165) is 28.3 Å². The van der Waals surface area contributed by atoms with Crippen LogP contribution in [0.15, 0.2) is 66.2 Å². The molecule has 0 saturated carbocycles. The van der Waals surface area contributed by atoms with Gasteiger partial charge in [0.05, 0.1) is 6.61 Å². The Balaban J connectivity index is 2.03. The molecule has 0 spiro atoms. The third-order valence-corrected chi connectivity index (χ3v) is 4.44. The quantitative estimate of drug-likeness (QED) is 0.461. The van der Waals surface area contributed by atoms with Crippen molar-refractivity contribution in [2.24, 2.45) is 0 Å². The first kappa shape index (κ1) is 19.2. The molecule has 0 bridgehead atoms. The molecule has 3 aromatic carbocycles. The van der Waals surface area contributed by atoms with E-state index in [-0.39, 0.29) is 5.57 Å². The van der Waals surface area contributed by atoms with Crippen LogP contribution in [0.3, 0.4) is 0 Å². The van der Waals surface area contributed by atoms with E-state index in [1.165, 1.54) is 0 Å². The molecular weight excluding hydrogens is 348 g/mol. The average molecular weight is 370 g/mol. The van der Waals surface area contributed by atoms with E-state index >= 15 is 0 Å². The molecule has 1 amide bonds. The van der Waals surface area contributed by atoms with Crippen LogP contribution in [0.4, 0.5) is 5.69 Å². The topological polar surface area (TPSA) is 62.1 Å². The van der Waals surface area contributed by atoms with Crippen LogP contribution >= 0.6 is 0 Å². The Labute approximate surface area is 165 Å². The predicted octanol–water partition coefficient (Wildman–Crippen LogP) is 5.48. The van der Waals surface area contributed by atoms with Gasteiger partial charge in [0.2, 0.25) is 0 Å². The maximum Gasteiger partial charge on any atom is 0.266 e. The molecule has 0 fully saturated rings. The Morgan fingerprint density at radius 1 is 1.11 bits per heavy atom. The van der Waals surface area contributed by atoms with Crippen LogP contribution in [0.1, 0.15) is 24.5 Å². The zero-order valence-corrected chi connectivity index (χ0v) is 16.0. The summed E-state index contributed by atoms with van der Waals surface area (Å²) in [6.07, 6.45) is 2.48. The van der Waals surface area contributed by atoms with E-state index in [0.29, 0.717) is 18.0 Å². The SMILES string of the molecule is CCCOc1ccc2ccccc2c1/C=C(\C#N)C(=O)Nc1ccccc1C. The number of nitrogens with one attached hydrogen (secondary N) is 1. The Kier molecular flexibility index (Phi) is 6.08. The lowest BCUT2D eigenvalue weighted by atomic mass is 10.0. The van der Waals surface area contributed by atoms with E-state index in [1.807, 2.05) is 80.6 Å². The fourth-order valence-corrected chi connectivity index (χ4v) is 2.96. The molecule has 0 unspecified atom stereocenters. The van der Waals surface area contributed by atoms with Crippen LogP contribution in [0.25, 0.3) is 16.8 Å². The number of aryl methyl sites for hydroxylation is 1. The number of rotatable bonds is 6. The number of hydrogen-bond donors (Lipinski definition) is 1. The average Bonchev–Trinajstić information content (AvgIpc) is 2.72. The molecule has 0 saturated heterocycles. The first-order valence-electron chi connectivity index (χ1n) is 9.27. The van der Waals surface area contributed by atoms with Crippen LogP contribution in [0.2, 0.25) is 0 Å². The molecule has 0 heterocycles. The molecule has 4 nitrogen and oxygen atoms in total. The van der Waals surface area contributed by atoms with E-state index in [9.17, 15) is 10.1 Å². The minimum Gasteiger partial charge on any atom is -0.493 e. The number of para-hydroxylation sites is 1. The van der Waals surface area contributed by atoms with Crippen molar-refractivity contribution >= 4 is 28.4 Å². The highest BCUT2D eigenvalue weighted by Crippen LogP contribution is 2.30. The maximum absolute atomic E-state index is 12.7. The van der Waals surface area contributed by atoms with Gasteiger partial charge in [0.1, 0.15) is 17.4 Å².